The number of carbonyl (C=O) groups is 1. The van der Waals surface area contributed by atoms with Crippen molar-refractivity contribution in [3.8, 4) is 5.69 Å². The van der Waals surface area contributed by atoms with Gasteiger partial charge in [-0.25, -0.2) is 9.18 Å². The monoisotopic (exact) mass is 283 g/mol. The predicted octanol–water partition coefficient (Wildman–Crippen LogP) is 3.08. The third-order valence-electron chi connectivity index (χ3n) is 2.14. The minimum atomic E-state index is -1.09. The number of hydrogen-bond acceptors (Lipinski definition) is 1. The van der Waals surface area contributed by atoms with Crippen LogP contribution in [0.3, 0.4) is 0 Å². The fraction of sp³-hybridized carbons (Fsp3) is 0. The van der Waals surface area contributed by atoms with E-state index in [0.717, 1.165) is 0 Å². The highest BCUT2D eigenvalue weighted by molar-refractivity contribution is 9.10. The van der Waals surface area contributed by atoms with Gasteiger partial charge in [-0.2, -0.15) is 0 Å². The first-order valence-corrected chi connectivity index (χ1v) is 5.25. The molecule has 16 heavy (non-hydrogen) atoms. The van der Waals surface area contributed by atoms with Crippen LogP contribution in [0.25, 0.3) is 5.69 Å². The molecule has 0 saturated heterocycles. The van der Waals surface area contributed by atoms with E-state index in [9.17, 15) is 9.18 Å². The van der Waals surface area contributed by atoms with Gasteiger partial charge in [0.1, 0.15) is 11.5 Å². The fourth-order valence-electron chi connectivity index (χ4n) is 1.44. The second-order valence-electron chi connectivity index (χ2n) is 3.16. The third-order valence-corrected chi connectivity index (χ3v) is 2.63. The van der Waals surface area contributed by atoms with Crippen LogP contribution < -0.4 is 0 Å². The third kappa shape index (κ3) is 1.86. The molecule has 0 bridgehead atoms. The summed E-state index contributed by atoms with van der Waals surface area (Å²) in [5.74, 6) is -1.57. The molecule has 1 heterocycles. The summed E-state index contributed by atoms with van der Waals surface area (Å²) in [4.78, 5) is 10.9. The Balaban J connectivity index is 2.59. The first-order valence-electron chi connectivity index (χ1n) is 4.45. The first-order chi connectivity index (χ1) is 7.59. The molecule has 0 radical (unpaired) electrons. The Morgan fingerprint density at radius 2 is 2.12 bits per heavy atom. The quantitative estimate of drug-likeness (QED) is 0.920. The smallest absolute Gasteiger partial charge is 0.352 e. The lowest BCUT2D eigenvalue weighted by Gasteiger charge is -2.07. The van der Waals surface area contributed by atoms with Gasteiger partial charge in [-0.05, 0) is 30.3 Å². The van der Waals surface area contributed by atoms with Crippen LogP contribution >= 0.6 is 15.9 Å². The molecule has 2 aromatic rings. The van der Waals surface area contributed by atoms with Gasteiger partial charge in [-0.15, -0.1) is 0 Å². The van der Waals surface area contributed by atoms with Crippen molar-refractivity contribution >= 4 is 21.9 Å². The first kappa shape index (κ1) is 10.9. The van der Waals surface area contributed by atoms with Crippen molar-refractivity contribution in [2.75, 3.05) is 0 Å². The Hall–Kier alpha value is -1.62. The number of benzene rings is 1. The second-order valence-corrected chi connectivity index (χ2v) is 4.08. The van der Waals surface area contributed by atoms with Gasteiger partial charge < -0.3 is 9.67 Å². The molecule has 1 N–H and O–H groups in total. The lowest BCUT2D eigenvalue weighted by atomic mass is 10.3. The van der Waals surface area contributed by atoms with E-state index < -0.39 is 11.8 Å². The fourth-order valence-corrected chi connectivity index (χ4v) is 1.78. The summed E-state index contributed by atoms with van der Waals surface area (Å²) >= 11 is 3.14. The number of nitrogens with zero attached hydrogens (tertiary/aromatic N) is 1. The molecular formula is C11H7BrFNO2. The number of rotatable bonds is 2. The molecule has 5 heteroatoms. The van der Waals surface area contributed by atoms with Crippen molar-refractivity contribution in [1.29, 1.82) is 0 Å². The molecule has 0 saturated carbocycles. The van der Waals surface area contributed by atoms with E-state index in [1.54, 1.807) is 12.1 Å². The van der Waals surface area contributed by atoms with Crippen molar-refractivity contribution in [1.82, 2.24) is 4.57 Å². The van der Waals surface area contributed by atoms with Crippen LogP contribution in [0, 0.1) is 5.82 Å². The molecule has 0 atom stereocenters. The van der Waals surface area contributed by atoms with Gasteiger partial charge in [0.25, 0.3) is 0 Å². The van der Waals surface area contributed by atoms with Crippen LogP contribution in [0.15, 0.2) is 41.0 Å². The molecule has 0 fully saturated rings. The molecule has 0 aliphatic rings. The van der Waals surface area contributed by atoms with Crippen LogP contribution in [-0.4, -0.2) is 15.6 Å². The normalized spacial score (nSPS) is 10.4. The zero-order chi connectivity index (χ0) is 11.7. The number of carboxylic acids is 1. The maximum atomic E-state index is 13.6. The van der Waals surface area contributed by atoms with Crippen LogP contribution in [0.5, 0.6) is 0 Å². The molecule has 1 aromatic carbocycles. The Bertz CT molecular complexity index is 551. The number of aromatic nitrogens is 1. The summed E-state index contributed by atoms with van der Waals surface area (Å²) in [6.45, 7) is 0. The van der Waals surface area contributed by atoms with Gasteiger partial charge in [0.2, 0.25) is 0 Å². The average Bonchev–Trinajstić information content (AvgIpc) is 2.66. The molecule has 0 aliphatic carbocycles. The zero-order valence-electron chi connectivity index (χ0n) is 8.02. The van der Waals surface area contributed by atoms with E-state index in [1.165, 1.54) is 29.0 Å². The van der Waals surface area contributed by atoms with E-state index >= 15 is 0 Å². The van der Waals surface area contributed by atoms with E-state index in [1.807, 2.05) is 0 Å². The minimum absolute atomic E-state index is 0.0289. The van der Waals surface area contributed by atoms with Gasteiger partial charge in [-0.1, -0.05) is 15.9 Å². The van der Waals surface area contributed by atoms with Gasteiger partial charge in [0.15, 0.2) is 0 Å². The lowest BCUT2D eigenvalue weighted by Crippen LogP contribution is -2.07. The SMILES string of the molecule is O=C(O)c1cccn1-c1ccc(Br)cc1F. The highest BCUT2D eigenvalue weighted by atomic mass is 79.9. The van der Waals surface area contributed by atoms with Crippen LogP contribution in [0.2, 0.25) is 0 Å². The van der Waals surface area contributed by atoms with E-state index in [2.05, 4.69) is 15.9 Å². The largest absolute Gasteiger partial charge is 0.477 e. The topological polar surface area (TPSA) is 42.2 Å². The minimum Gasteiger partial charge on any atom is -0.477 e. The van der Waals surface area contributed by atoms with Crippen molar-refractivity contribution in [3.63, 3.8) is 0 Å². The Morgan fingerprint density at radius 1 is 1.38 bits per heavy atom. The number of hydrogen-bond donors (Lipinski definition) is 1. The molecule has 0 unspecified atom stereocenters. The van der Waals surface area contributed by atoms with E-state index in [4.69, 9.17) is 5.11 Å². The maximum absolute atomic E-state index is 13.6. The molecule has 0 amide bonds. The van der Waals surface area contributed by atoms with Crippen molar-refractivity contribution in [3.05, 3.63) is 52.5 Å². The average molecular weight is 284 g/mol. The molecular weight excluding hydrogens is 277 g/mol. The summed E-state index contributed by atoms with van der Waals surface area (Å²) in [5, 5.41) is 8.91. The Labute approximate surface area is 99.3 Å². The lowest BCUT2D eigenvalue weighted by molar-refractivity contribution is 0.0688. The molecule has 1 aromatic heterocycles. The van der Waals surface area contributed by atoms with Crippen LogP contribution in [-0.2, 0) is 0 Å². The van der Waals surface area contributed by atoms with Gasteiger partial charge in [-0.3, -0.25) is 0 Å². The number of carboxylic acid groups (broad SMARTS) is 1. The molecule has 2 rings (SSSR count). The van der Waals surface area contributed by atoms with Crippen molar-refractivity contribution in [2.45, 2.75) is 0 Å². The molecule has 82 valence electrons. The zero-order valence-corrected chi connectivity index (χ0v) is 9.61. The summed E-state index contributed by atoms with van der Waals surface area (Å²) in [7, 11) is 0. The summed E-state index contributed by atoms with van der Waals surface area (Å²) < 4.78 is 15.5. The van der Waals surface area contributed by atoms with Crippen LogP contribution in [0.4, 0.5) is 4.39 Å². The number of halogens is 2. The number of aromatic carboxylic acids is 1. The van der Waals surface area contributed by atoms with Gasteiger partial charge >= 0.3 is 5.97 Å². The van der Waals surface area contributed by atoms with Crippen molar-refractivity contribution in [2.24, 2.45) is 0 Å². The highest BCUT2D eigenvalue weighted by Crippen LogP contribution is 2.20. The maximum Gasteiger partial charge on any atom is 0.352 e. The summed E-state index contributed by atoms with van der Waals surface area (Å²) in [6, 6.07) is 7.45. The molecule has 0 aliphatic heterocycles. The molecule has 3 nitrogen and oxygen atoms in total. The van der Waals surface area contributed by atoms with Gasteiger partial charge in [0, 0.05) is 10.7 Å². The summed E-state index contributed by atoms with van der Waals surface area (Å²) in [6.07, 6.45) is 1.51. The van der Waals surface area contributed by atoms with Gasteiger partial charge in [0.05, 0.1) is 5.69 Å². The van der Waals surface area contributed by atoms with Crippen molar-refractivity contribution < 1.29 is 14.3 Å². The van der Waals surface area contributed by atoms with Crippen LogP contribution in [0.1, 0.15) is 10.5 Å². The second kappa shape index (κ2) is 4.09. The molecule has 0 spiro atoms. The Morgan fingerprint density at radius 3 is 2.75 bits per heavy atom. The Kier molecular flexibility index (Phi) is 2.78. The standard InChI is InChI=1S/C11H7BrFNO2/c12-7-3-4-9(8(13)6-7)14-5-1-2-10(14)11(15)16/h1-6H,(H,15,16). The summed E-state index contributed by atoms with van der Waals surface area (Å²) in [5.41, 5.74) is 0.242. The highest BCUT2D eigenvalue weighted by Gasteiger charge is 2.13. The van der Waals surface area contributed by atoms with E-state index in [0.29, 0.717) is 4.47 Å². The predicted molar refractivity (Wildman–Crippen MR) is 60.4 cm³/mol. The van der Waals surface area contributed by atoms with E-state index in [-0.39, 0.29) is 11.4 Å².